The number of hydrogen-bond donors (Lipinski definition) is 0. The van der Waals surface area contributed by atoms with E-state index in [4.69, 9.17) is 4.98 Å². The van der Waals surface area contributed by atoms with Gasteiger partial charge in [0, 0.05) is 0 Å². The zero-order valence-electron chi connectivity index (χ0n) is 23.2. The SMILES string of the molecule is CC(C)Cc1cc(-c2ccc3c4cc[c]([Ge]([CH3])([CH3])[CH3])cc4c4ccccc4c3c2)nc[c]1[Ge]([CH3])([CH3])[CH3]. The van der Waals surface area contributed by atoms with Gasteiger partial charge in [-0.25, -0.2) is 0 Å². The molecule has 0 aliphatic heterocycles. The first-order valence-electron chi connectivity index (χ1n) is 13.3. The summed E-state index contributed by atoms with van der Waals surface area (Å²) in [4.78, 5) is 5.02. The summed E-state index contributed by atoms with van der Waals surface area (Å²) >= 11 is -3.93. The molecule has 0 saturated carbocycles. The van der Waals surface area contributed by atoms with Crippen molar-refractivity contribution in [2.24, 2.45) is 5.92 Å². The van der Waals surface area contributed by atoms with Crippen molar-refractivity contribution in [2.75, 3.05) is 0 Å². The quantitative estimate of drug-likeness (QED) is 0.147. The molecule has 0 fully saturated rings. The molecule has 0 saturated heterocycles. The third-order valence-corrected chi connectivity index (χ3v) is 16.0. The Balaban J connectivity index is 1.75. The molecule has 4 aromatic carbocycles. The molecule has 0 aliphatic rings. The van der Waals surface area contributed by atoms with Crippen LogP contribution < -0.4 is 8.79 Å². The van der Waals surface area contributed by atoms with Gasteiger partial charge in [-0.15, -0.1) is 0 Å². The third-order valence-electron chi connectivity index (χ3n) is 7.42. The molecule has 5 rings (SSSR count). The van der Waals surface area contributed by atoms with Gasteiger partial charge in [-0.2, -0.15) is 0 Å². The average molecular weight is 595 g/mol. The van der Waals surface area contributed by atoms with Crippen LogP contribution in [-0.4, -0.2) is 31.5 Å². The van der Waals surface area contributed by atoms with Crippen molar-refractivity contribution in [3.63, 3.8) is 0 Å². The van der Waals surface area contributed by atoms with E-state index in [1.54, 1.807) is 8.79 Å². The first-order valence-corrected chi connectivity index (χ1v) is 28.0. The Hall–Kier alpha value is -2.10. The van der Waals surface area contributed by atoms with Crippen molar-refractivity contribution in [3.05, 3.63) is 78.5 Å². The molecule has 0 bridgehead atoms. The van der Waals surface area contributed by atoms with E-state index in [2.05, 4.69) is 121 Å². The van der Waals surface area contributed by atoms with E-state index in [9.17, 15) is 0 Å². The number of nitrogens with zero attached hydrogens (tertiary/aromatic N) is 1. The Bertz CT molecular complexity index is 1580. The van der Waals surface area contributed by atoms with Crippen LogP contribution in [0.4, 0.5) is 0 Å². The summed E-state index contributed by atoms with van der Waals surface area (Å²) in [5.74, 6) is 15.5. The molecule has 5 aromatic rings. The Morgan fingerprint density at radius 2 is 1.22 bits per heavy atom. The van der Waals surface area contributed by atoms with Crippen LogP contribution in [0.15, 0.2) is 72.9 Å². The van der Waals surface area contributed by atoms with E-state index in [0.29, 0.717) is 5.92 Å². The molecule has 0 amide bonds. The molecule has 0 unspecified atom stereocenters. The number of hydrogen-bond acceptors (Lipinski definition) is 1. The van der Waals surface area contributed by atoms with Crippen molar-refractivity contribution in [1.29, 1.82) is 0 Å². The molecule has 0 N–H and O–H groups in total. The van der Waals surface area contributed by atoms with Crippen molar-refractivity contribution in [3.8, 4) is 11.3 Å². The topological polar surface area (TPSA) is 12.9 Å². The van der Waals surface area contributed by atoms with Gasteiger partial charge >= 0.3 is 223 Å². The van der Waals surface area contributed by atoms with E-state index in [1.165, 1.54) is 43.4 Å². The van der Waals surface area contributed by atoms with Crippen LogP contribution in [0.25, 0.3) is 43.6 Å². The molecular weight excluding hydrogens is 556 g/mol. The second-order valence-electron chi connectivity index (χ2n) is 12.9. The molecule has 1 nitrogen and oxygen atoms in total. The second-order valence-corrected chi connectivity index (χ2v) is 34.1. The Morgan fingerprint density at radius 3 is 1.81 bits per heavy atom. The van der Waals surface area contributed by atoms with Gasteiger partial charge in [0.25, 0.3) is 0 Å². The van der Waals surface area contributed by atoms with Crippen LogP contribution in [0.3, 0.4) is 0 Å². The third kappa shape index (κ3) is 4.77. The summed E-state index contributed by atoms with van der Waals surface area (Å²) in [7, 11) is 0. The molecule has 0 radical (unpaired) electrons. The number of aromatic nitrogens is 1. The van der Waals surface area contributed by atoms with E-state index < -0.39 is 26.5 Å². The standard InChI is InChI=1S/C33H39Ge2N/c1-22(2)17-24-19-33(36-21-32(24)35(6,7)8)23-13-15-28-29-16-14-25(34(3,4)5)20-31(29)27-12-10-9-11-26(27)30(28)18-23/h9-16,18-22H,17H2,1-8H3. The predicted molar refractivity (Wildman–Crippen MR) is 167 cm³/mol. The predicted octanol–water partition coefficient (Wildman–Crippen LogP) is 8.50. The van der Waals surface area contributed by atoms with Crippen molar-refractivity contribution >= 4 is 67.6 Å². The zero-order valence-corrected chi connectivity index (χ0v) is 27.4. The van der Waals surface area contributed by atoms with Gasteiger partial charge in [0.1, 0.15) is 0 Å². The fourth-order valence-electron chi connectivity index (χ4n) is 5.52. The van der Waals surface area contributed by atoms with E-state index in [0.717, 1.165) is 12.1 Å². The van der Waals surface area contributed by atoms with Crippen LogP contribution >= 0.6 is 0 Å². The minimum absolute atomic E-state index is 0.637. The van der Waals surface area contributed by atoms with Gasteiger partial charge in [0.05, 0.1) is 0 Å². The van der Waals surface area contributed by atoms with Crippen LogP contribution in [0, 0.1) is 5.92 Å². The summed E-state index contributed by atoms with van der Waals surface area (Å²) in [5.41, 5.74) is 3.82. The number of benzene rings is 4. The Labute approximate surface area is 222 Å². The summed E-state index contributed by atoms with van der Waals surface area (Å²) in [5, 5.41) is 8.10. The molecule has 1 heterocycles. The van der Waals surface area contributed by atoms with E-state index >= 15 is 0 Å². The van der Waals surface area contributed by atoms with Gasteiger partial charge in [-0.3, -0.25) is 0 Å². The maximum atomic E-state index is 5.02. The zero-order chi connectivity index (χ0) is 25.8. The number of pyridine rings is 1. The molecule has 0 spiro atoms. The van der Waals surface area contributed by atoms with E-state index in [-0.39, 0.29) is 0 Å². The summed E-state index contributed by atoms with van der Waals surface area (Å²) in [6, 6.07) is 25.6. The van der Waals surface area contributed by atoms with Crippen molar-refractivity contribution in [2.45, 2.75) is 54.8 Å². The summed E-state index contributed by atoms with van der Waals surface area (Å²) < 4.78 is 3.11. The molecular formula is C33H39Ge2N. The maximum absolute atomic E-state index is 5.02. The van der Waals surface area contributed by atoms with E-state index in [1.807, 2.05) is 0 Å². The number of fused-ring (bicyclic) bond motifs is 6. The van der Waals surface area contributed by atoms with Crippen molar-refractivity contribution < 1.29 is 0 Å². The van der Waals surface area contributed by atoms with Crippen LogP contribution in [0.5, 0.6) is 0 Å². The fourth-order valence-corrected chi connectivity index (χ4v) is 11.3. The van der Waals surface area contributed by atoms with Crippen LogP contribution in [0.2, 0.25) is 34.5 Å². The first-order chi connectivity index (χ1) is 16.9. The second kappa shape index (κ2) is 9.33. The monoisotopic (exact) mass is 597 g/mol. The summed E-state index contributed by atoms with van der Waals surface area (Å²) in [6.45, 7) is 4.64. The normalized spacial score (nSPS) is 12.8. The first kappa shape index (κ1) is 25.5. The molecule has 1 aromatic heterocycles. The van der Waals surface area contributed by atoms with Crippen molar-refractivity contribution in [1.82, 2.24) is 4.98 Å². The molecule has 0 atom stereocenters. The average Bonchev–Trinajstić information content (AvgIpc) is 2.82. The molecule has 3 heteroatoms. The van der Waals surface area contributed by atoms with Gasteiger partial charge in [0.2, 0.25) is 0 Å². The van der Waals surface area contributed by atoms with Gasteiger partial charge in [-0.05, 0) is 0 Å². The van der Waals surface area contributed by atoms with Gasteiger partial charge in [0.15, 0.2) is 0 Å². The number of rotatable bonds is 5. The van der Waals surface area contributed by atoms with Crippen LogP contribution in [-0.2, 0) is 6.42 Å². The van der Waals surface area contributed by atoms with Gasteiger partial charge < -0.3 is 0 Å². The van der Waals surface area contributed by atoms with Crippen LogP contribution in [0.1, 0.15) is 19.4 Å². The molecule has 0 aliphatic carbocycles. The minimum atomic E-state index is -2.00. The van der Waals surface area contributed by atoms with Gasteiger partial charge in [-0.1, -0.05) is 0 Å². The fraction of sp³-hybridized carbons (Fsp3) is 0.303. The molecule has 36 heavy (non-hydrogen) atoms. The Morgan fingerprint density at radius 1 is 0.639 bits per heavy atom. The Kier molecular flexibility index (Phi) is 6.62. The summed E-state index contributed by atoms with van der Waals surface area (Å²) in [6.07, 6.45) is 3.32. The molecule has 184 valence electrons.